The number of rotatable bonds is 5. The lowest BCUT2D eigenvalue weighted by Gasteiger charge is -2.10. The molecule has 1 N–H and O–H groups in total. The lowest BCUT2D eigenvalue weighted by molar-refractivity contribution is 0.871. The Kier molecular flexibility index (Phi) is 5.92. The highest BCUT2D eigenvalue weighted by molar-refractivity contribution is 5.74. The van der Waals surface area contributed by atoms with Crippen LogP contribution >= 0.6 is 0 Å². The molecule has 4 nitrogen and oxygen atoms in total. The summed E-state index contributed by atoms with van der Waals surface area (Å²) in [6.45, 7) is 9.47. The van der Waals surface area contributed by atoms with Crippen molar-refractivity contribution in [2.24, 2.45) is 0 Å². The van der Waals surface area contributed by atoms with Crippen LogP contribution in [-0.2, 0) is 0 Å². The molecule has 106 valence electrons. The molecule has 1 aromatic heterocycles. The quantitative estimate of drug-likeness (QED) is 0.510. The minimum absolute atomic E-state index is 0.193. The topological polar surface area (TPSA) is 61.6 Å². The number of allylic oxidation sites excluding steroid dienone is 5. The molecule has 0 aliphatic rings. The van der Waals surface area contributed by atoms with Gasteiger partial charge in [0.05, 0.1) is 17.3 Å². The molecule has 0 aliphatic heterocycles. The fraction of sp³-hybridized carbons (Fsp3) is 0.235. The first kappa shape index (κ1) is 16.2. The standard InChI is InChI=1S/C17H18N4/c1-6-13(11-18)9-14(7-2)16-10-15(8-3)20-17(21-16)19-12(4)5/h3,6-7,9-10,12H,1H2,2,4-5H3,(H,19,20,21)/b13-9+,14-7+. The highest BCUT2D eigenvalue weighted by Crippen LogP contribution is 2.18. The van der Waals surface area contributed by atoms with Gasteiger partial charge in [0.15, 0.2) is 0 Å². The average Bonchev–Trinajstić information content (AvgIpc) is 2.47. The maximum Gasteiger partial charge on any atom is 0.224 e. The highest BCUT2D eigenvalue weighted by Gasteiger charge is 2.07. The van der Waals surface area contributed by atoms with Crippen molar-refractivity contribution in [1.82, 2.24) is 9.97 Å². The van der Waals surface area contributed by atoms with E-state index in [4.69, 9.17) is 11.7 Å². The zero-order valence-corrected chi connectivity index (χ0v) is 12.5. The molecule has 0 spiro atoms. The van der Waals surface area contributed by atoms with E-state index < -0.39 is 0 Å². The molecule has 0 radical (unpaired) electrons. The second-order valence-corrected chi connectivity index (χ2v) is 4.57. The highest BCUT2D eigenvalue weighted by atomic mass is 15.1. The van der Waals surface area contributed by atoms with Crippen LogP contribution in [0.5, 0.6) is 0 Å². The minimum Gasteiger partial charge on any atom is -0.352 e. The summed E-state index contributed by atoms with van der Waals surface area (Å²) in [7, 11) is 0. The number of aromatic nitrogens is 2. The van der Waals surface area contributed by atoms with Gasteiger partial charge in [-0.3, -0.25) is 0 Å². The smallest absolute Gasteiger partial charge is 0.224 e. The predicted octanol–water partition coefficient (Wildman–Crippen LogP) is 3.32. The Labute approximate surface area is 125 Å². The van der Waals surface area contributed by atoms with E-state index in [0.29, 0.717) is 22.9 Å². The van der Waals surface area contributed by atoms with Gasteiger partial charge in [-0.15, -0.1) is 6.42 Å². The second kappa shape index (κ2) is 7.67. The first-order valence-corrected chi connectivity index (χ1v) is 6.57. The van der Waals surface area contributed by atoms with Gasteiger partial charge in [-0.2, -0.15) is 5.26 Å². The van der Waals surface area contributed by atoms with Gasteiger partial charge in [0.1, 0.15) is 5.69 Å². The van der Waals surface area contributed by atoms with Gasteiger partial charge in [-0.05, 0) is 38.5 Å². The summed E-state index contributed by atoms with van der Waals surface area (Å²) in [6.07, 6.45) is 10.5. The van der Waals surface area contributed by atoms with Crippen LogP contribution in [0.1, 0.15) is 32.2 Å². The third-order valence-corrected chi connectivity index (χ3v) is 2.56. The summed E-state index contributed by atoms with van der Waals surface area (Å²) in [4.78, 5) is 8.68. The molecular formula is C17H18N4. The van der Waals surface area contributed by atoms with Crippen LogP contribution in [0.3, 0.4) is 0 Å². The Morgan fingerprint density at radius 1 is 1.48 bits per heavy atom. The third-order valence-electron chi connectivity index (χ3n) is 2.56. The van der Waals surface area contributed by atoms with Crippen molar-refractivity contribution in [3.63, 3.8) is 0 Å². The largest absolute Gasteiger partial charge is 0.352 e. The summed E-state index contributed by atoms with van der Waals surface area (Å²) in [5.41, 5.74) is 2.41. The Balaban J connectivity index is 3.34. The van der Waals surface area contributed by atoms with E-state index >= 15 is 0 Å². The molecular weight excluding hydrogens is 260 g/mol. The van der Waals surface area contributed by atoms with E-state index in [1.165, 1.54) is 6.08 Å². The first-order chi connectivity index (χ1) is 10.0. The van der Waals surface area contributed by atoms with E-state index in [1.54, 1.807) is 12.1 Å². The van der Waals surface area contributed by atoms with E-state index in [1.807, 2.05) is 26.8 Å². The van der Waals surface area contributed by atoms with Crippen molar-refractivity contribution in [1.29, 1.82) is 5.26 Å². The molecule has 0 bridgehead atoms. The molecule has 1 rings (SSSR count). The van der Waals surface area contributed by atoms with Crippen LogP contribution in [0.2, 0.25) is 0 Å². The van der Waals surface area contributed by atoms with Crippen molar-refractivity contribution in [3.05, 3.63) is 47.8 Å². The Morgan fingerprint density at radius 3 is 2.67 bits per heavy atom. The average molecular weight is 278 g/mol. The Morgan fingerprint density at radius 2 is 2.19 bits per heavy atom. The monoisotopic (exact) mass is 278 g/mol. The zero-order chi connectivity index (χ0) is 15.8. The molecule has 4 heteroatoms. The van der Waals surface area contributed by atoms with E-state index in [9.17, 15) is 0 Å². The van der Waals surface area contributed by atoms with E-state index in [2.05, 4.69) is 33.9 Å². The van der Waals surface area contributed by atoms with E-state index in [0.717, 1.165) is 5.57 Å². The van der Waals surface area contributed by atoms with Gasteiger partial charge in [-0.1, -0.05) is 24.7 Å². The van der Waals surface area contributed by atoms with Gasteiger partial charge in [0.2, 0.25) is 5.95 Å². The van der Waals surface area contributed by atoms with Crippen LogP contribution in [-0.4, -0.2) is 16.0 Å². The molecule has 0 saturated carbocycles. The van der Waals surface area contributed by atoms with Gasteiger partial charge in [0.25, 0.3) is 0 Å². The summed E-state index contributed by atoms with van der Waals surface area (Å²) in [6, 6.07) is 3.98. The SMILES string of the molecule is C#Cc1cc(C(/C=C(/C#N)C=C)=C/C)nc(NC(C)C)n1. The molecule has 1 aromatic rings. The number of terminal acetylenes is 1. The van der Waals surface area contributed by atoms with Crippen molar-refractivity contribution in [2.75, 3.05) is 5.32 Å². The zero-order valence-electron chi connectivity index (χ0n) is 12.5. The van der Waals surface area contributed by atoms with Gasteiger partial charge in [-0.25, -0.2) is 9.97 Å². The van der Waals surface area contributed by atoms with Crippen molar-refractivity contribution < 1.29 is 0 Å². The number of hydrogen-bond acceptors (Lipinski definition) is 4. The molecule has 0 atom stereocenters. The Bertz CT molecular complexity index is 667. The van der Waals surface area contributed by atoms with Crippen LogP contribution in [0.15, 0.2) is 36.4 Å². The lowest BCUT2D eigenvalue weighted by atomic mass is 10.1. The molecule has 0 aliphatic carbocycles. The molecule has 0 unspecified atom stereocenters. The third kappa shape index (κ3) is 4.63. The lowest BCUT2D eigenvalue weighted by Crippen LogP contribution is -2.13. The summed E-state index contributed by atoms with van der Waals surface area (Å²) < 4.78 is 0. The molecule has 0 saturated heterocycles. The van der Waals surface area contributed by atoms with Crippen LogP contribution in [0, 0.1) is 23.7 Å². The molecule has 0 fully saturated rings. The second-order valence-electron chi connectivity index (χ2n) is 4.57. The number of nitriles is 1. The fourth-order valence-corrected chi connectivity index (χ4v) is 1.60. The van der Waals surface area contributed by atoms with Crippen LogP contribution in [0.4, 0.5) is 5.95 Å². The minimum atomic E-state index is 0.193. The van der Waals surface area contributed by atoms with Gasteiger partial charge >= 0.3 is 0 Å². The Hall–Kier alpha value is -2.85. The number of hydrogen-bond donors (Lipinski definition) is 1. The van der Waals surface area contributed by atoms with Crippen LogP contribution in [0.25, 0.3) is 5.57 Å². The molecule has 21 heavy (non-hydrogen) atoms. The van der Waals surface area contributed by atoms with E-state index in [-0.39, 0.29) is 6.04 Å². The first-order valence-electron chi connectivity index (χ1n) is 6.57. The molecule has 0 aromatic carbocycles. The van der Waals surface area contributed by atoms with Gasteiger partial charge < -0.3 is 5.32 Å². The summed E-state index contributed by atoms with van der Waals surface area (Å²) >= 11 is 0. The number of anilines is 1. The van der Waals surface area contributed by atoms with Crippen molar-refractivity contribution in [3.8, 4) is 18.4 Å². The van der Waals surface area contributed by atoms with Crippen LogP contribution < -0.4 is 5.32 Å². The maximum absolute atomic E-state index is 9.00. The number of nitrogens with one attached hydrogen (secondary N) is 1. The fourth-order valence-electron chi connectivity index (χ4n) is 1.60. The molecule has 0 amide bonds. The predicted molar refractivity (Wildman–Crippen MR) is 86.3 cm³/mol. The summed E-state index contributed by atoms with van der Waals surface area (Å²) in [5.74, 6) is 2.99. The number of nitrogens with zero attached hydrogens (tertiary/aromatic N) is 3. The normalized spacial score (nSPS) is 11.7. The van der Waals surface area contributed by atoms with Crippen molar-refractivity contribution in [2.45, 2.75) is 26.8 Å². The molecule has 1 heterocycles. The van der Waals surface area contributed by atoms with Gasteiger partial charge in [0, 0.05) is 6.04 Å². The maximum atomic E-state index is 9.00. The van der Waals surface area contributed by atoms with Crippen molar-refractivity contribution >= 4 is 11.5 Å². The summed E-state index contributed by atoms with van der Waals surface area (Å²) in [5, 5.41) is 12.1.